The average Bonchev–Trinajstić information content (AvgIpc) is 2.38. The topological polar surface area (TPSA) is 26.0 Å². The predicted molar refractivity (Wildman–Crippen MR) is 69.3 cm³/mol. The molecule has 1 aromatic rings. The van der Waals surface area contributed by atoms with Crippen LogP contribution in [-0.4, -0.2) is 6.54 Å². The predicted octanol–water partition coefficient (Wildman–Crippen LogP) is 3.83. The third kappa shape index (κ3) is 2.72. The van der Waals surface area contributed by atoms with Crippen molar-refractivity contribution in [1.82, 2.24) is 0 Å². The fraction of sp³-hybridized carbons (Fsp3) is 0.600. The summed E-state index contributed by atoms with van der Waals surface area (Å²) in [5.74, 6) is 0.183. The lowest BCUT2D eigenvalue weighted by Gasteiger charge is -2.35. The molecule has 18 heavy (non-hydrogen) atoms. The Bertz CT molecular complexity index is 405. The molecule has 0 aromatic heterocycles. The summed E-state index contributed by atoms with van der Waals surface area (Å²) in [5, 5.41) is 0. The van der Waals surface area contributed by atoms with Gasteiger partial charge in [-0.25, -0.2) is 8.78 Å². The third-order valence-corrected chi connectivity index (χ3v) is 4.34. The van der Waals surface area contributed by atoms with Gasteiger partial charge in [-0.15, -0.1) is 0 Å². The molecular weight excluding hydrogens is 232 g/mol. The highest BCUT2D eigenvalue weighted by Crippen LogP contribution is 2.42. The highest BCUT2D eigenvalue weighted by molar-refractivity contribution is 5.24. The maximum atomic E-state index is 13.9. The van der Waals surface area contributed by atoms with E-state index in [1.165, 1.54) is 12.5 Å². The summed E-state index contributed by atoms with van der Waals surface area (Å²) in [5.41, 5.74) is 6.44. The standard InChI is InChI=1S/C15H21F2N/c1-2-10-3-4-11(9-18)14(7-10)13-6-5-12(16)8-15(13)17/h5-6,8,10-11,14H,2-4,7,9,18H2,1H3. The van der Waals surface area contributed by atoms with Gasteiger partial charge in [0.15, 0.2) is 0 Å². The van der Waals surface area contributed by atoms with E-state index in [9.17, 15) is 8.78 Å². The lowest BCUT2D eigenvalue weighted by atomic mass is 9.70. The molecule has 3 heteroatoms. The van der Waals surface area contributed by atoms with E-state index in [1.807, 2.05) is 0 Å². The van der Waals surface area contributed by atoms with Crippen molar-refractivity contribution in [2.75, 3.05) is 6.54 Å². The van der Waals surface area contributed by atoms with Crippen LogP contribution in [0.15, 0.2) is 18.2 Å². The largest absolute Gasteiger partial charge is 0.330 e. The SMILES string of the molecule is CCC1CCC(CN)C(c2ccc(F)cc2F)C1. The third-order valence-electron chi connectivity index (χ3n) is 4.34. The van der Waals surface area contributed by atoms with Crippen molar-refractivity contribution < 1.29 is 8.78 Å². The van der Waals surface area contributed by atoms with E-state index in [0.717, 1.165) is 25.3 Å². The first-order valence-corrected chi connectivity index (χ1v) is 6.80. The van der Waals surface area contributed by atoms with Crippen LogP contribution < -0.4 is 5.73 Å². The molecule has 0 bridgehead atoms. The molecule has 1 nitrogen and oxygen atoms in total. The zero-order chi connectivity index (χ0) is 13.1. The molecule has 0 heterocycles. The molecule has 0 spiro atoms. The van der Waals surface area contributed by atoms with Crippen molar-refractivity contribution in [2.45, 2.75) is 38.5 Å². The van der Waals surface area contributed by atoms with Gasteiger partial charge in [0, 0.05) is 6.07 Å². The Morgan fingerprint density at radius 3 is 2.67 bits per heavy atom. The molecule has 1 saturated carbocycles. The van der Waals surface area contributed by atoms with Gasteiger partial charge in [0.05, 0.1) is 0 Å². The van der Waals surface area contributed by atoms with E-state index in [0.29, 0.717) is 23.9 Å². The molecule has 0 amide bonds. The molecule has 0 saturated heterocycles. The zero-order valence-electron chi connectivity index (χ0n) is 10.8. The maximum Gasteiger partial charge on any atom is 0.129 e. The summed E-state index contributed by atoms with van der Waals surface area (Å²) < 4.78 is 26.9. The average molecular weight is 253 g/mol. The first-order valence-electron chi connectivity index (χ1n) is 6.80. The quantitative estimate of drug-likeness (QED) is 0.870. The van der Waals surface area contributed by atoms with Crippen LogP contribution in [-0.2, 0) is 0 Å². The van der Waals surface area contributed by atoms with Crippen LogP contribution in [0.3, 0.4) is 0 Å². The van der Waals surface area contributed by atoms with E-state index in [4.69, 9.17) is 5.73 Å². The van der Waals surface area contributed by atoms with E-state index in [2.05, 4.69) is 6.92 Å². The molecular formula is C15H21F2N. The van der Waals surface area contributed by atoms with Gasteiger partial charge in [0.25, 0.3) is 0 Å². The van der Waals surface area contributed by atoms with Crippen LogP contribution in [0.1, 0.15) is 44.1 Å². The molecule has 100 valence electrons. The molecule has 3 unspecified atom stereocenters. The molecule has 3 atom stereocenters. The lowest BCUT2D eigenvalue weighted by molar-refractivity contribution is 0.232. The number of halogens is 2. The summed E-state index contributed by atoms with van der Waals surface area (Å²) in [7, 11) is 0. The summed E-state index contributed by atoms with van der Waals surface area (Å²) in [6.07, 6.45) is 4.33. The van der Waals surface area contributed by atoms with Gasteiger partial charge in [-0.3, -0.25) is 0 Å². The molecule has 1 aliphatic rings. The van der Waals surface area contributed by atoms with Gasteiger partial charge in [-0.2, -0.15) is 0 Å². The maximum absolute atomic E-state index is 13.9. The van der Waals surface area contributed by atoms with Crippen molar-refractivity contribution >= 4 is 0 Å². The molecule has 2 N–H and O–H groups in total. The number of hydrogen-bond donors (Lipinski definition) is 1. The zero-order valence-corrected chi connectivity index (χ0v) is 10.8. The normalized spacial score (nSPS) is 28.3. The van der Waals surface area contributed by atoms with Crippen LogP contribution in [0, 0.1) is 23.5 Å². The minimum absolute atomic E-state index is 0.147. The van der Waals surface area contributed by atoms with Gasteiger partial charge in [-0.05, 0) is 48.8 Å². The van der Waals surface area contributed by atoms with Crippen molar-refractivity contribution in [1.29, 1.82) is 0 Å². The molecule has 2 rings (SSSR count). The summed E-state index contributed by atoms with van der Waals surface area (Å²) in [6, 6.07) is 3.93. The van der Waals surface area contributed by atoms with Gasteiger partial charge in [0.2, 0.25) is 0 Å². The Morgan fingerprint density at radius 1 is 1.28 bits per heavy atom. The van der Waals surface area contributed by atoms with E-state index < -0.39 is 11.6 Å². The van der Waals surface area contributed by atoms with Gasteiger partial charge >= 0.3 is 0 Å². The monoisotopic (exact) mass is 253 g/mol. The molecule has 1 fully saturated rings. The van der Waals surface area contributed by atoms with E-state index >= 15 is 0 Å². The van der Waals surface area contributed by atoms with Crippen LogP contribution in [0.25, 0.3) is 0 Å². The van der Waals surface area contributed by atoms with Gasteiger partial charge in [-0.1, -0.05) is 25.8 Å². The minimum Gasteiger partial charge on any atom is -0.330 e. The molecule has 1 aliphatic carbocycles. The molecule has 1 aromatic carbocycles. The molecule has 0 radical (unpaired) electrons. The highest BCUT2D eigenvalue weighted by Gasteiger charge is 2.31. The second-order valence-electron chi connectivity index (χ2n) is 5.36. The fourth-order valence-corrected chi connectivity index (χ4v) is 3.16. The first-order chi connectivity index (χ1) is 8.65. The Morgan fingerprint density at radius 2 is 2.06 bits per heavy atom. The van der Waals surface area contributed by atoms with Crippen LogP contribution in [0.4, 0.5) is 8.78 Å². The van der Waals surface area contributed by atoms with Crippen LogP contribution in [0.5, 0.6) is 0 Å². The van der Waals surface area contributed by atoms with Crippen LogP contribution in [0.2, 0.25) is 0 Å². The van der Waals surface area contributed by atoms with Gasteiger partial charge < -0.3 is 5.73 Å². The first kappa shape index (κ1) is 13.5. The molecule has 0 aliphatic heterocycles. The number of rotatable bonds is 3. The lowest BCUT2D eigenvalue weighted by Crippen LogP contribution is -2.29. The van der Waals surface area contributed by atoms with Crippen LogP contribution >= 0.6 is 0 Å². The Hall–Kier alpha value is -0.960. The number of benzene rings is 1. The Balaban J connectivity index is 2.26. The van der Waals surface area contributed by atoms with Gasteiger partial charge in [0.1, 0.15) is 11.6 Å². The number of nitrogens with two attached hydrogens (primary N) is 1. The van der Waals surface area contributed by atoms with E-state index in [1.54, 1.807) is 6.07 Å². The minimum atomic E-state index is -0.511. The summed E-state index contributed by atoms with van der Waals surface area (Å²) in [6.45, 7) is 2.75. The van der Waals surface area contributed by atoms with Crippen molar-refractivity contribution in [3.05, 3.63) is 35.4 Å². The Labute approximate surface area is 107 Å². The highest BCUT2D eigenvalue weighted by atomic mass is 19.1. The fourth-order valence-electron chi connectivity index (χ4n) is 3.16. The van der Waals surface area contributed by atoms with Crippen molar-refractivity contribution in [3.8, 4) is 0 Å². The second kappa shape index (κ2) is 5.79. The second-order valence-corrected chi connectivity index (χ2v) is 5.36. The van der Waals surface area contributed by atoms with E-state index in [-0.39, 0.29) is 5.92 Å². The number of hydrogen-bond acceptors (Lipinski definition) is 1. The smallest absolute Gasteiger partial charge is 0.129 e. The summed E-state index contributed by atoms with van der Waals surface area (Å²) in [4.78, 5) is 0. The van der Waals surface area contributed by atoms with Crippen molar-refractivity contribution in [3.63, 3.8) is 0 Å². The summed E-state index contributed by atoms with van der Waals surface area (Å²) >= 11 is 0. The Kier molecular flexibility index (Phi) is 4.33. The van der Waals surface area contributed by atoms with Crippen molar-refractivity contribution in [2.24, 2.45) is 17.6 Å².